The summed E-state index contributed by atoms with van der Waals surface area (Å²) in [6, 6.07) is 5.95. The normalized spacial score (nSPS) is 13.9. The molecular weight excluding hydrogens is 242 g/mol. The molecule has 1 aromatic carbocycles. The minimum Gasteiger partial charge on any atom is -0.493 e. The van der Waals surface area contributed by atoms with Gasteiger partial charge >= 0.3 is 0 Å². The average molecular weight is 267 g/mol. The Balaban J connectivity index is 2.92. The molecule has 1 rings (SSSR count). The molecule has 1 aromatic rings. The van der Waals surface area contributed by atoms with Crippen LogP contribution >= 0.6 is 0 Å². The zero-order valence-electron chi connectivity index (χ0n) is 12.1. The molecule has 0 bridgehead atoms. The number of hydrogen-bond donors (Lipinski definition) is 2. The van der Waals surface area contributed by atoms with E-state index in [-0.39, 0.29) is 5.92 Å². The fourth-order valence-electron chi connectivity index (χ4n) is 2.18. The summed E-state index contributed by atoms with van der Waals surface area (Å²) in [7, 11) is 1.64. The average Bonchev–Trinajstić information content (AvgIpc) is 2.45. The van der Waals surface area contributed by atoms with Crippen LogP contribution < -0.4 is 15.2 Å². The summed E-state index contributed by atoms with van der Waals surface area (Å²) in [6.07, 6.45) is 1.17. The van der Waals surface area contributed by atoms with Crippen LogP contribution in [0.15, 0.2) is 18.2 Å². The van der Waals surface area contributed by atoms with Gasteiger partial charge in [-0.3, -0.25) is 0 Å². The molecule has 19 heavy (non-hydrogen) atoms. The van der Waals surface area contributed by atoms with Crippen molar-refractivity contribution in [2.24, 2.45) is 5.73 Å². The number of rotatable bonds is 8. The second kappa shape index (κ2) is 8.02. The number of aliphatic hydroxyl groups is 1. The van der Waals surface area contributed by atoms with Crippen molar-refractivity contribution in [1.29, 1.82) is 0 Å². The number of methoxy groups -OCH3 is 1. The molecule has 4 heteroatoms. The largest absolute Gasteiger partial charge is 0.493 e. The molecule has 2 unspecified atom stereocenters. The highest BCUT2D eigenvalue weighted by Crippen LogP contribution is 2.33. The molecule has 0 aliphatic rings. The zero-order valence-corrected chi connectivity index (χ0v) is 12.1. The second-order valence-electron chi connectivity index (χ2n) is 4.57. The Bertz CT molecular complexity index is 382. The highest BCUT2D eigenvalue weighted by atomic mass is 16.5. The maximum atomic E-state index is 9.71. The van der Waals surface area contributed by atoms with Gasteiger partial charge in [-0.25, -0.2) is 0 Å². The van der Waals surface area contributed by atoms with Gasteiger partial charge in [0.2, 0.25) is 0 Å². The van der Waals surface area contributed by atoms with Crippen molar-refractivity contribution in [1.82, 2.24) is 0 Å². The van der Waals surface area contributed by atoms with Crippen LogP contribution in [0.4, 0.5) is 0 Å². The molecule has 0 radical (unpaired) electrons. The molecule has 0 spiro atoms. The first kappa shape index (κ1) is 15.8. The van der Waals surface area contributed by atoms with Gasteiger partial charge in [-0.2, -0.15) is 0 Å². The van der Waals surface area contributed by atoms with Crippen LogP contribution in [0.25, 0.3) is 0 Å². The molecule has 3 N–H and O–H groups in total. The van der Waals surface area contributed by atoms with E-state index in [1.807, 2.05) is 25.1 Å². The van der Waals surface area contributed by atoms with E-state index in [4.69, 9.17) is 15.2 Å². The van der Waals surface area contributed by atoms with Gasteiger partial charge in [0.05, 0.1) is 19.8 Å². The Labute approximate surface area is 115 Å². The summed E-state index contributed by atoms with van der Waals surface area (Å²) in [5.41, 5.74) is 6.63. The van der Waals surface area contributed by atoms with E-state index in [0.717, 1.165) is 23.5 Å². The van der Waals surface area contributed by atoms with Gasteiger partial charge in [-0.05, 0) is 43.4 Å². The molecule has 0 saturated heterocycles. The van der Waals surface area contributed by atoms with E-state index in [1.165, 1.54) is 0 Å². The van der Waals surface area contributed by atoms with Gasteiger partial charge in [0.1, 0.15) is 0 Å². The predicted octanol–water partition coefficient (Wildman–Crippen LogP) is 2.30. The third kappa shape index (κ3) is 4.40. The summed E-state index contributed by atoms with van der Waals surface area (Å²) >= 11 is 0. The number of aliphatic hydroxyl groups excluding tert-OH is 1. The first-order valence-corrected chi connectivity index (χ1v) is 6.85. The third-order valence-electron chi connectivity index (χ3n) is 3.28. The maximum Gasteiger partial charge on any atom is 0.161 e. The molecule has 0 aliphatic carbocycles. The smallest absolute Gasteiger partial charge is 0.161 e. The monoisotopic (exact) mass is 267 g/mol. The number of hydrogen-bond acceptors (Lipinski definition) is 4. The van der Waals surface area contributed by atoms with Crippen molar-refractivity contribution < 1.29 is 14.6 Å². The van der Waals surface area contributed by atoms with Crippen molar-refractivity contribution >= 4 is 0 Å². The van der Waals surface area contributed by atoms with Gasteiger partial charge in [-0.15, -0.1) is 0 Å². The molecule has 0 amide bonds. The van der Waals surface area contributed by atoms with Crippen LogP contribution in [0.2, 0.25) is 0 Å². The van der Waals surface area contributed by atoms with Gasteiger partial charge < -0.3 is 20.3 Å². The van der Waals surface area contributed by atoms with Crippen molar-refractivity contribution in [2.75, 3.05) is 20.3 Å². The maximum absolute atomic E-state index is 9.71. The fourth-order valence-corrected chi connectivity index (χ4v) is 2.18. The Morgan fingerprint density at radius 2 is 2.00 bits per heavy atom. The topological polar surface area (TPSA) is 64.7 Å². The first-order chi connectivity index (χ1) is 9.15. The quantitative estimate of drug-likeness (QED) is 0.758. The number of ether oxygens (including phenoxy) is 2. The highest BCUT2D eigenvalue weighted by molar-refractivity contribution is 5.44. The third-order valence-corrected chi connectivity index (χ3v) is 3.28. The van der Waals surface area contributed by atoms with Crippen LogP contribution in [0.5, 0.6) is 11.5 Å². The predicted molar refractivity (Wildman–Crippen MR) is 76.9 cm³/mol. The van der Waals surface area contributed by atoms with Crippen LogP contribution in [0.3, 0.4) is 0 Å². The molecule has 4 nitrogen and oxygen atoms in total. The summed E-state index contributed by atoms with van der Waals surface area (Å²) in [5, 5.41) is 9.71. The fraction of sp³-hybridized carbons (Fsp3) is 0.600. The summed E-state index contributed by atoms with van der Waals surface area (Å²) in [4.78, 5) is 0. The van der Waals surface area contributed by atoms with E-state index >= 15 is 0 Å². The molecule has 0 aromatic heterocycles. The Kier molecular flexibility index (Phi) is 6.67. The molecule has 0 heterocycles. The zero-order chi connectivity index (χ0) is 14.3. The van der Waals surface area contributed by atoms with Gasteiger partial charge in [-0.1, -0.05) is 13.0 Å². The second-order valence-corrected chi connectivity index (χ2v) is 4.57. The molecule has 108 valence electrons. The summed E-state index contributed by atoms with van der Waals surface area (Å²) in [6.45, 7) is 4.96. The lowest BCUT2D eigenvalue weighted by atomic mass is 9.90. The van der Waals surface area contributed by atoms with Gasteiger partial charge in [0, 0.05) is 6.54 Å². The van der Waals surface area contributed by atoms with E-state index in [9.17, 15) is 5.11 Å². The molecule has 0 fully saturated rings. The first-order valence-electron chi connectivity index (χ1n) is 6.85. The Hall–Kier alpha value is -1.26. The van der Waals surface area contributed by atoms with E-state index < -0.39 is 6.10 Å². The Morgan fingerprint density at radius 1 is 1.26 bits per heavy atom. The lowest BCUT2D eigenvalue weighted by Gasteiger charge is -2.20. The van der Waals surface area contributed by atoms with E-state index in [0.29, 0.717) is 19.6 Å². The molecular formula is C15H25NO3. The SMILES string of the molecule is CCOc1ccc(C(CC)CC(O)CN)cc1OC. The highest BCUT2D eigenvalue weighted by Gasteiger charge is 2.16. The molecule has 2 atom stereocenters. The van der Waals surface area contributed by atoms with Gasteiger partial charge in [0.25, 0.3) is 0 Å². The van der Waals surface area contributed by atoms with Crippen molar-refractivity contribution in [3.05, 3.63) is 23.8 Å². The van der Waals surface area contributed by atoms with Crippen LogP contribution in [-0.4, -0.2) is 31.5 Å². The van der Waals surface area contributed by atoms with Crippen LogP contribution in [0.1, 0.15) is 38.2 Å². The number of nitrogens with two attached hydrogens (primary N) is 1. The lowest BCUT2D eigenvalue weighted by molar-refractivity contribution is 0.162. The molecule has 0 aliphatic heterocycles. The summed E-state index contributed by atoms with van der Waals surface area (Å²) in [5.74, 6) is 1.77. The lowest BCUT2D eigenvalue weighted by Crippen LogP contribution is -2.22. The minimum atomic E-state index is -0.456. The van der Waals surface area contributed by atoms with Crippen molar-refractivity contribution in [3.8, 4) is 11.5 Å². The molecule has 0 saturated carbocycles. The minimum absolute atomic E-state index is 0.281. The van der Waals surface area contributed by atoms with Crippen molar-refractivity contribution in [3.63, 3.8) is 0 Å². The van der Waals surface area contributed by atoms with Crippen molar-refractivity contribution in [2.45, 2.75) is 38.7 Å². The summed E-state index contributed by atoms with van der Waals surface area (Å²) < 4.78 is 10.9. The van der Waals surface area contributed by atoms with E-state index in [1.54, 1.807) is 7.11 Å². The van der Waals surface area contributed by atoms with Crippen LogP contribution in [0, 0.1) is 0 Å². The standard InChI is InChI=1S/C15H25NO3/c1-4-11(8-13(17)10-16)12-6-7-14(19-5-2)15(9-12)18-3/h6-7,9,11,13,17H,4-5,8,10,16H2,1-3H3. The number of benzene rings is 1. The Morgan fingerprint density at radius 3 is 2.53 bits per heavy atom. The van der Waals surface area contributed by atoms with E-state index in [2.05, 4.69) is 6.92 Å². The van der Waals surface area contributed by atoms with Crippen LogP contribution in [-0.2, 0) is 0 Å². The van der Waals surface area contributed by atoms with Gasteiger partial charge in [0.15, 0.2) is 11.5 Å².